The molecule has 0 aliphatic carbocycles. The molecule has 0 atom stereocenters. The van der Waals surface area contributed by atoms with Crippen LogP contribution in [0.2, 0.25) is 0 Å². The van der Waals surface area contributed by atoms with Gasteiger partial charge in [0.1, 0.15) is 5.82 Å². The summed E-state index contributed by atoms with van der Waals surface area (Å²) >= 11 is 3.11. The number of aromatic nitrogens is 3. The summed E-state index contributed by atoms with van der Waals surface area (Å²) in [5.74, 6) is 2.06. The molecule has 1 N–H and O–H groups in total. The van der Waals surface area contributed by atoms with E-state index in [4.69, 9.17) is 0 Å². The van der Waals surface area contributed by atoms with Crippen LogP contribution in [-0.2, 0) is 10.5 Å². The Morgan fingerprint density at radius 1 is 0.879 bits per heavy atom. The summed E-state index contributed by atoms with van der Waals surface area (Å²) in [6, 6.07) is 28.2. The molecule has 0 bridgehead atoms. The van der Waals surface area contributed by atoms with E-state index in [1.54, 1.807) is 11.8 Å². The molecular weight excluding hydrogens is 448 g/mol. The minimum absolute atomic E-state index is 0.0593. The molecule has 0 aliphatic rings. The van der Waals surface area contributed by atoms with Crippen LogP contribution in [0.5, 0.6) is 0 Å². The number of amides is 1. The predicted molar refractivity (Wildman–Crippen MR) is 137 cm³/mol. The first-order valence-corrected chi connectivity index (χ1v) is 12.8. The fourth-order valence-electron chi connectivity index (χ4n) is 3.42. The average molecular weight is 475 g/mol. The number of rotatable bonds is 9. The first-order chi connectivity index (χ1) is 16.1. The molecule has 0 saturated heterocycles. The van der Waals surface area contributed by atoms with E-state index in [-0.39, 0.29) is 11.7 Å². The van der Waals surface area contributed by atoms with Crippen molar-refractivity contribution < 1.29 is 4.79 Å². The van der Waals surface area contributed by atoms with Gasteiger partial charge in [-0.3, -0.25) is 9.36 Å². The van der Waals surface area contributed by atoms with Gasteiger partial charge in [-0.05, 0) is 41.8 Å². The minimum atomic E-state index is -0.0593. The van der Waals surface area contributed by atoms with Gasteiger partial charge in [-0.25, -0.2) is 0 Å². The van der Waals surface area contributed by atoms with Gasteiger partial charge in [0.2, 0.25) is 5.91 Å². The molecule has 1 heterocycles. The van der Waals surface area contributed by atoms with Gasteiger partial charge in [-0.1, -0.05) is 80.2 Å². The number of nitrogens with zero attached hydrogens (tertiary/aromatic N) is 3. The Balaban J connectivity index is 1.49. The van der Waals surface area contributed by atoms with Crippen LogP contribution in [0.25, 0.3) is 5.69 Å². The maximum atomic E-state index is 12.7. The zero-order valence-corrected chi connectivity index (χ0v) is 20.3. The summed E-state index contributed by atoms with van der Waals surface area (Å²) in [5, 5.41) is 12.6. The van der Waals surface area contributed by atoms with Gasteiger partial charge in [0, 0.05) is 16.3 Å². The second-order valence-electron chi connectivity index (χ2n) is 7.75. The Morgan fingerprint density at radius 2 is 1.55 bits per heavy atom. The molecule has 7 heteroatoms. The number of para-hydroxylation sites is 2. The highest BCUT2D eigenvalue weighted by Gasteiger charge is 2.17. The van der Waals surface area contributed by atoms with Crippen LogP contribution in [0.15, 0.2) is 95.0 Å². The lowest BCUT2D eigenvalue weighted by Crippen LogP contribution is -2.16. The summed E-state index contributed by atoms with van der Waals surface area (Å²) in [6.07, 6.45) is 0. The Labute approximate surface area is 203 Å². The summed E-state index contributed by atoms with van der Waals surface area (Å²) in [4.78, 5) is 13.9. The lowest BCUT2D eigenvalue weighted by atomic mass is 10.0. The van der Waals surface area contributed by atoms with Gasteiger partial charge in [-0.2, -0.15) is 0 Å². The highest BCUT2D eigenvalue weighted by atomic mass is 32.2. The molecule has 1 amide bonds. The second kappa shape index (κ2) is 11.2. The SMILES string of the molecule is CC(C)c1ccccc1NC(=O)CSc1nnc(CSc2ccccc2)n1-c1ccccc1. The molecule has 0 aliphatic heterocycles. The molecular formula is C26H26N4OS2. The van der Waals surface area contributed by atoms with Crippen LogP contribution in [0.3, 0.4) is 0 Å². The van der Waals surface area contributed by atoms with Crippen molar-refractivity contribution in [3.63, 3.8) is 0 Å². The highest BCUT2D eigenvalue weighted by molar-refractivity contribution is 7.99. The van der Waals surface area contributed by atoms with E-state index in [9.17, 15) is 4.79 Å². The average Bonchev–Trinajstić information content (AvgIpc) is 3.25. The summed E-state index contributed by atoms with van der Waals surface area (Å²) < 4.78 is 2.04. The van der Waals surface area contributed by atoms with Gasteiger partial charge >= 0.3 is 0 Å². The van der Waals surface area contributed by atoms with E-state index in [1.165, 1.54) is 16.7 Å². The highest BCUT2D eigenvalue weighted by Crippen LogP contribution is 2.28. The van der Waals surface area contributed by atoms with Crippen LogP contribution >= 0.6 is 23.5 Å². The number of carbonyl (C=O) groups excluding carboxylic acids is 1. The van der Waals surface area contributed by atoms with Crippen molar-refractivity contribution in [2.45, 2.75) is 35.6 Å². The van der Waals surface area contributed by atoms with E-state index >= 15 is 0 Å². The number of nitrogens with one attached hydrogen (secondary N) is 1. The molecule has 4 rings (SSSR count). The van der Waals surface area contributed by atoms with Gasteiger partial charge in [-0.15, -0.1) is 22.0 Å². The summed E-state index contributed by atoms with van der Waals surface area (Å²) in [7, 11) is 0. The number of anilines is 1. The standard InChI is InChI=1S/C26H26N4OS2/c1-19(2)22-15-9-10-16-23(22)27-25(31)18-33-26-29-28-24(17-32-21-13-7-4-8-14-21)30(26)20-11-5-3-6-12-20/h3-16,19H,17-18H2,1-2H3,(H,27,31). The molecule has 0 unspecified atom stereocenters. The second-order valence-corrected chi connectivity index (χ2v) is 9.74. The van der Waals surface area contributed by atoms with Gasteiger partial charge in [0.15, 0.2) is 5.16 Å². The van der Waals surface area contributed by atoms with E-state index in [0.29, 0.717) is 16.8 Å². The topological polar surface area (TPSA) is 59.8 Å². The third-order valence-corrected chi connectivity index (χ3v) is 6.95. The van der Waals surface area contributed by atoms with E-state index in [0.717, 1.165) is 22.8 Å². The molecule has 0 spiro atoms. The van der Waals surface area contributed by atoms with Crippen molar-refractivity contribution in [3.05, 3.63) is 96.3 Å². The zero-order chi connectivity index (χ0) is 23.0. The fraction of sp³-hybridized carbons (Fsp3) is 0.192. The minimum Gasteiger partial charge on any atom is -0.325 e. The molecule has 33 heavy (non-hydrogen) atoms. The molecule has 3 aromatic carbocycles. The molecule has 0 fully saturated rings. The Bertz CT molecular complexity index is 1190. The van der Waals surface area contributed by atoms with Crippen LogP contribution in [0, 0.1) is 0 Å². The Morgan fingerprint density at radius 3 is 2.27 bits per heavy atom. The molecule has 0 saturated carbocycles. The molecule has 5 nitrogen and oxygen atoms in total. The zero-order valence-electron chi connectivity index (χ0n) is 18.6. The van der Waals surface area contributed by atoms with Gasteiger partial charge in [0.05, 0.1) is 11.5 Å². The fourth-order valence-corrected chi connectivity index (χ4v) is 5.02. The largest absolute Gasteiger partial charge is 0.325 e. The number of carbonyl (C=O) groups is 1. The Hall–Kier alpha value is -3.03. The monoisotopic (exact) mass is 474 g/mol. The van der Waals surface area contributed by atoms with Crippen molar-refractivity contribution in [3.8, 4) is 5.69 Å². The first kappa shape index (κ1) is 23.1. The summed E-state index contributed by atoms with van der Waals surface area (Å²) in [5.41, 5.74) is 2.98. The molecule has 0 radical (unpaired) electrons. The summed E-state index contributed by atoms with van der Waals surface area (Å²) in [6.45, 7) is 4.24. The first-order valence-electron chi connectivity index (χ1n) is 10.8. The van der Waals surface area contributed by atoms with E-state index in [1.807, 2.05) is 71.3 Å². The maximum Gasteiger partial charge on any atom is 0.234 e. The third kappa shape index (κ3) is 6.06. The Kier molecular flexibility index (Phi) is 7.86. The van der Waals surface area contributed by atoms with Crippen LogP contribution in [0.1, 0.15) is 31.2 Å². The van der Waals surface area contributed by atoms with Gasteiger partial charge < -0.3 is 5.32 Å². The van der Waals surface area contributed by atoms with Crippen LogP contribution < -0.4 is 5.32 Å². The lowest BCUT2D eigenvalue weighted by Gasteiger charge is -2.14. The quantitative estimate of drug-likeness (QED) is 0.284. The number of hydrogen-bond acceptors (Lipinski definition) is 5. The normalized spacial score (nSPS) is 11.0. The van der Waals surface area contributed by atoms with E-state index in [2.05, 4.69) is 47.6 Å². The van der Waals surface area contributed by atoms with Crippen molar-refractivity contribution in [2.75, 3.05) is 11.1 Å². The third-order valence-electron chi connectivity index (χ3n) is 5.02. The number of thioether (sulfide) groups is 2. The van der Waals surface area contributed by atoms with Crippen molar-refractivity contribution in [1.82, 2.24) is 14.8 Å². The van der Waals surface area contributed by atoms with E-state index < -0.39 is 0 Å². The van der Waals surface area contributed by atoms with Gasteiger partial charge in [0.25, 0.3) is 0 Å². The predicted octanol–water partition coefficient (Wildman–Crippen LogP) is 6.41. The van der Waals surface area contributed by atoms with Crippen LogP contribution in [-0.4, -0.2) is 26.4 Å². The lowest BCUT2D eigenvalue weighted by molar-refractivity contribution is -0.113. The smallest absolute Gasteiger partial charge is 0.234 e. The van der Waals surface area contributed by atoms with Crippen molar-refractivity contribution in [1.29, 1.82) is 0 Å². The molecule has 168 valence electrons. The van der Waals surface area contributed by atoms with Crippen molar-refractivity contribution in [2.24, 2.45) is 0 Å². The maximum absolute atomic E-state index is 12.7. The van der Waals surface area contributed by atoms with Crippen molar-refractivity contribution >= 4 is 35.1 Å². The molecule has 1 aromatic heterocycles. The number of hydrogen-bond donors (Lipinski definition) is 1. The molecule has 4 aromatic rings. The number of benzene rings is 3. The van der Waals surface area contributed by atoms with Crippen LogP contribution in [0.4, 0.5) is 5.69 Å².